The summed E-state index contributed by atoms with van der Waals surface area (Å²) in [6, 6.07) is 1.99. The average molecular weight is 347 g/mol. The molecule has 24 heavy (non-hydrogen) atoms. The monoisotopic (exact) mass is 347 g/mol. The highest BCUT2D eigenvalue weighted by molar-refractivity contribution is 7.15. The fourth-order valence-corrected chi connectivity index (χ4v) is 3.71. The number of hydrogen-bond donors (Lipinski definition) is 0. The molecule has 2 saturated heterocycles. The van der Waals surface area contributed by atoms with Crippen molar-refractivity contribution < 1.29 is 4.74 Å². The Morgan fingerprint density at radius 3 is 2.42 bits per heavy atom. The lowest BCUT2D eigenvalue weighted by Crippen LogP contribution is -2.47. The van der Waals surface area contributed by atoms with Crippen LogP contribution in [0.2, 0.25) is 0 Å². The van der Waals surface area contributed by atoms with Crippen LogP contribution in [0.1, 0.15) is 5.01 Å². The molecule has 0 amide bonds. The van der Waals surface area contributed by atoms with Crippen LogP contribution in [0.25, 0.3) is 0 Å². The van der Waals surface area contributed by atoms with Gasteiger partial charge in [0.05, 0.1) is 13.2 Å². The van der Waals surface area contributed by atoms with E-state index < -0.39 is 0 Å². The van der Waals surface area contributed by atoms with Gasteiger partial charge in [-0.2, -0.15) is 4.98 Å². The SMILES string of the molecule is Cc1nnc(N2CCN(c3ccnc(N4CCOCC4)n3)CC2)s1. The van der Waals surface area contributed by atoms with E-state index in [0.717, 1.165) is 74.4 Å². The molecular formula is C15H21N7OS. The van der Waals surface area contributed by atoms with Crippen LogP contribution in [0.3, 0.4) is 0 Å². The van der Waals surface area contributed by atoms with E-state index in [9.17, 15) is 0 Å². The summed E-state index contributed by atoms with van der Waals surface area (Å²) in [7, 11) is 0. The minimum atomic E-state index is 0.744. The smallest absolute Gasteiger partial charge is 0.227 e. The van der Waals surface area contributed by atoms with Crippen LogP contribution >= 0.6 is 11.3 Å². The Kier molecular flexibility index (Phi) is 4.44. The van der Waals surface area contributed by atoms with Gasteiger partial charge in [-0.1, -0.05) is 11.3 Å². The molecule has 0 aromatic carbocycles. The summed E-state index contributed by atoms with van der Waals surface area (Å²) < 4.78 is 5.40. The first kappa shape index (κ1) is 15.5. The molecule has 8 nitrogen and oxygen atoms in total. The number of aromatic nitrogens is 4. The van der Waals surface area contributed by atoms with Gasteiger partial charge in [0.15, 0.2) is 0 Å². The second kappa shape index (κ2) is 6.86. The minimum absolute atomic E-state index is 0.744. The molecule has 0 spiro atoms. The third-order valence-electron chi connectivity index (χ3n) is 4.31. The summed E-state index contributed by atoms with van der Waals surface area (Å²) in [4.78, 5) is 16.0. The van der Waals surface area contributed by atoms with Crippen molar-refractivity contribution in [3.05, 3.63) is 17.3 Å². The van der Waals surface area contributed by atoms with Crippen molar-refractivity contribution in [2.45, 2.75) is 6.92 Å². The Hall–Kier alpha value is -2.00. The molecule has 0 N–H and O–H groups in total. The second-order valence-electron chi connectivity index (χ2n) is 5.89. The molecule has 0 unspecified atom stereocenters. The van der Waals surface area contributed by atoms with Crippen LogP contribution in [0.5, 0.6) is 0 Å². The second-order valence-corrected chi connectivity index (χ2v) is 7.05. The molecule has 0 radical (unpaired) electrons. The van der Waals surface area contributed by atoms with Gasteiger partial charge in [0.25, 0.3) is 0 Å². The van der Waals surface area contributed by atoms with E-state index in [1.807, 2.05) is 19.2 Å². The zero-order valence-electron chi connectivity index (χ0n) is 13.8. The molecule has 2 aromatic rings. The van der Waals surface area contributed by atoms with E-state index in [0.29, 0.717) is 0 Å². The van der Waals surface area contributed by atoms with Gasteiger partial charge >= 0.3 is 0 Å². The predicted molar refractivity (Wildman–Crippen MR) is 94.1 cm³/mol. The maximum atomic E-state index is 5.40. The van der Waals surface area contributed by atoms with Crippen molar-refractivity contribution in [2.24, 2.45) is 0 Å². The molecule has 0 saturated carbocycles. The topological polar surface area (TPSA) is 70.5 Å². The Balaban J connectivity index is 1.42. The van der Waals surface area contributed by atoms with Gasteiger partial charge < -0.3 is 19.4 Å². The van der Waals surface area contributed by atoms with E-state index in [1.54, 1.807) is 11.3 Å². The number of morpholine rings is 1. The Morgan fingerprint density at radius 2 is 1.71 bits per heavy atom. The van der Waals surface area contributed by atoms with E-state index in [-0.39, 0.29) is 0 Å². The molecule has 0 atom stereocenters. The zero-order chi connectivity index (χ0) is 16.4. The highest BCUT2D eigenvalue weighted by Gasteiger charge is 2.22. The lowest BCUT2D eigenvalue weighted by Gasteiger charge is -2.35. The van der Waals surface area contributed by atoms with Crippen molar-refractivity contribution in [1.82, 2.24) is 20.2 Å². The van der Waals surface area contributed by atoms with Gasteiger partial charge in [-0.15, -0.1) is 10.2 Å². The Labute approximate surface area is 145 Å². The number of nitrogens with zero attached hydrogens (tertiary/aromatic N) is 7. The maximum Gasteiger partial charge on any atom is 0.227 e. The molecule has 2 aromatic heterocycles. The number of rotatable bonds is 3. The van der Waals surface area contributed by atoms with Crippen LogP contribution in [0.4, 0.5) is 16.9 Å². The average Bonchev–Trinajstić information content (AvgIpc) is 3.09. The number of piperazine rings is 1. The quantitative estimate of drug-likeness (QED) is 0.807. The van der Waals surface area contributed by atoms with Crippen molar-refractivity contribution >= 4 is 28.2 Å². The summed E-state index contributed by atoms with van der Waals surface area (Å²) in [5, 5.41) is 10.4. The zero-order valence-corrected chi connectivity index (χ0v) is 14.6. The number of aryl methyl sites for hydroxylation is 1. The van der Waals surface area contributed by atoms with Gasteiger partial charge in [-0.3, -0.25) is 0 Å². The van der Waals surface area contributed by atoms with Gasteiger partial charge in [0.2, 0.25) is 11.1 Å². The van der Waals surface area contributed by atoms with E-state index in [4.69, 9.17) is 9.72 Å². The van der Waals surface area contributed by atoms with E-state index >= 15 is 0 Å². The summed E-state index contributed by atoms with van der Waals surface area (Å²) in [5.41, 5.74) is 0. The maximum absolute atomic E-state index is 5.40. The third kappa shape index (κ3) is 3.27. The molecule has 128 valence electrons. The van der Waals surface area contributed by atoms with Crippen molar-refractivity contribution in [1.29, 1.82) is 0 Å². The standard InChI is InChI=1S/C15H21N7OS/c1-12-18-19-15(24-12)22-6-4-20(5-7-22)13-2-3-16-14(17-13)21-8-10-23-11-9-21/h2-3H,4-11H2,1H3. The summed E-state index contributed by atoms with van der Waals surface area (Å²) in [6.07, 6.45) is 1.85. The first-order valence-electron chi connectivity index (χ1n) is 8.25. The fraction of sp³-hybridized carbons (Fsp3) is 0.600. The molecule has 2 aliphatic heterocycles. The third-order valence-corrected chi connectivity index (χ3v) is 5.21. The summed E-state index contributed by atoms with van der Waals surface area (Å²) in [5.74, 6) is 1.80. The van der Waals surface area contributed by atoms with E-state index in [1.165, 1.54) is 0 Å². The Bertz CT molecular complexity index is 680. The highest BCUT2D eigenvalue weighted by Crippen LogP contribution is 2.23. The van der Waals surface area contributed by atoms with Gasteiger partial charge in [-0.25, -0.2) is 4.98 Å². The molecule has 4 rings (SSSR count). The fourth-order valence-electron chi connectivity index (χ4n) is 2.97. The normalized spacial score (nSPS) is 19.0. The molecule has 9 heteroatoms. The van der Waals surface area contributed by atoms with Crippen LogP contribution in [-0.2, 0) is 4.74 Å². The van der Waals surface area contributed by atoms with Crippen molar-refractivity contribution in [3.8, 4) is 0 Å². The molecule has 2 fully saturated rings. The van der Waals surface area contributed by atoms with Gasteiger partial charge in [-0.05, 0) is 13.0 Å². The molecular weight excluding hydrogens is 326 g/mol. The van der Waals surface area contributed by atoms with Crippen LogP contribution < -0.4 is 14.7 Å². The molecule has 0 bridgehead atoms. The largest absolute Gasteiger partial charge is 0.378 e. The van der Waals surface area contributed by atoms with Crippen LogP contribution in [0.15, 0.2) is 12.3 Å². The number of hydrogen-bond acceptors (Lipinski definition) is 9. The first-order chi connectivity index (χ1) is 11.8. The first-order valence-corrected chi connectivity index (χ1v) is 9.07. The van der Waals surface area contributed by atoms with E-state index in [2.05, 4.69) is 29.9 Å². The van der Waals surface area contributed by atoms with Crippen molar-refractivity contribution in [3.63, 3.8) is 0 Å². The summed E-state index contributed by atoms with van der Waals surface area (Å²) in [6.45, 7) is 8.92. The Morgan fingerprint density at radius 1 is 0.958 bits per heavy atom. The summed E-state index contributed by atoms with van der Waals surface area (Å²) >= 11 is 1.65. The highest BCUT2D eigenvalue weighted by atomic mass is 32.1. The molecule has 4 heterocycles. The lowest BCUT2D eigenvalue weighted by atomic mass is 10.3. The van der Waals surface area contributed by atoms with Crippen molar-refractivity contribution in [2.75, 3.05) is 67.2 Å². The minimum Gasteiger partial charge on any atom is -0.378 e. The predicted octanol–water partition coefficient (Wildman–Crippen LogP) is 0.800. The van der Waals surface area contributed by atoms with Crippen LogP contribution in [-0.4, -0.2) is 72.6 Å². The lowest BCUT2D eigenvalue weighted by molar-refractivity contribution is 0.122. The molecule has 2 aliphatic rings. The number of ether oxygens (including phenoxy) is 1. The van der Waals surface area contributed by atoms with Gasteiger partial charge in [0.1, 0.15) is 10.8 Å². The molecule has 0 aliphatic carbocycles. The number of anilines is 3. The van der Waals surface area contributed by atoms with Crippen LogP contribution in [0, 0.1) is 6.92 Å². The van der Waals surface area contributed by atoms with Gasteiger partial charge in [0, 0.05) is 45.5 Å².